The van der Waals surface area contributed by atoms with Crippen LogP contribution in [0.3, 0.4) is 0 Å². The van der Waals surface area contributed by atoms with E-state index < -0.39 is 11.7 Å². The van der Waals surface area contributed by atoms with Gasteiger partial charge in [0.05, 0.1) is 29.1 Å². The normalized spacial score (nSPS) is 20.2. The van der Waals surface area contributed by atoms with Gasteiger partial charge >= 0.3 is 6.18 Å². The maximum absolute atomic E-state index is 13.8. The first-order chi connectivity index (χ1) is 20.6. The van der Waals surface area contributed by atoms with Gasteiger partial charge in [-0.1, -0.05) is 24.2 Å². The number of halogens is 3. The van der Waals surface area contributed by atoms with E-state index in [1.54, 1.807) is 21.2 Å². The predicted octanol–water partition coefficient (Wildman–Crippen LogP) is 5.66. The van der Waals surface area contributed by atoms with E-state index in [4.69, 9.17) is 9.72 Å². The third kappa shape index (κ3) is 6.91. The van der Waals surface area contributed by atoms with Crippen molar-refractivity contribution in [2.75, 3.05) is 13.1 Å². The summed E-state index contributed by atoms with van der Waals surface area (Å²) >= 11 is 6.13. The van der Waals surface area contributed by atoms with Gasteiger partial charge in [0.2, 0.25) is 5.91 Å². The molecular weight excluding hydrogens is 597 g/mol. The van der Waals surface area contributed by atoms with Crippen molar-refractivity contribution in [2.45, 2.75) is 85.1 Å². The molecule has 12 heteroatoms. The average Bonchev–Trinajstić information content (AvgIpc) is 2.93. The Hall–Kier alpha value is -2.96. The summed E-state index contributed by atoms with van der Waals surface area (Å²) in [5.41, 5.74) is 1.24. The third-order valence-corrected chi connectivity index (χ3v) is 9.88. The Bertz CT molecular complexity index is 1540. The fraction of sp³-hybridized carbons (Fsp3) is 0.452. The molecule has 2 aliphatic carbocycles. The standard InChI is InChI=1S/C31H33F3N4O3S2/c32-31(33,34)19-7-9-22(10-8-19)41-23-15-20(16-23)35-13-11-28(39)37-14-12-27-26(18-37)29(40)38(21-3-1-4-24(42)17-21)30(36-27)43-25-5-2-6-25/h1,3-4,7-10,17,20,23,25,35,42H,2,5-6,11-16,18H2. The highest BCUT2D eigenvalue weighted by atomic mass is 32.2. The number of nitrogens with one attached hydrogen (secondary N) is 1. The predicted molar refractivity (Wildman–Crippen MR) is 161 cm³/mol. The second-order valence-corrected chi connectivity index (χ2v) is 13.1. The first kappa shape index (κ1) is 30.1. The van der Waals surface area contributed by atoms with Crippen molar-refractivity contribution < 1.29 is 22.7 Å². The maximum Gasteiger partial charge on any atom is 0.416 e. The number of benzene rings is 2. The molecule has 2 saturated carbocycles. The molecule has 0 radical (unpaired) electrons. The number of rotatable bonds is 9. The summed E-state index contributed by atoms with van der Waals surface area (Å²) in [5.74, 6) is 0.392. The van der Waals surface area contributed by atoms with Gasteiger partial charge in [0, 0.05) is 42.1 Å². The molecule has 1 aliphatic heterocycles. The van der Waals surface area contributed by atoms with E-state index in [-0.39, 0.29) is 30.2 Å². The smallest absolute Gasteiger partial charge is 0.416 e. The number of nitrogens with zero attached hydrogens (tertiary/aromatic N) is 3. The Kier molecular flexibility index (Phi) is 8.79. The van der Waals surface area contributed by atoms with Gasteiger partial charge in [-0.2, -0.15) is 13.2 Å². The van der Waals surface area contributed by atoms with Gasteiger partial charge in [-0.15, -0.1) is 12.6 Å². The molecular formula is C31H33F3N4O3S2. The van der Waals surface area contributed by atoms with Gasteiger partial charge in [0.1, 0.15) is 11.9 Å². The highest BCUT2D eigenvalue weighted by molar-refractivity contribution is 7.99. The molecule has 1 N–H and O–H groups in total. The number of alkyl halides is 3. The van der Waals surface area contributed by atoms with E-state index in [0.717, 1.165) is 41.3 Å². The van der Waals surface area contributed by atoms with E-state index in [9.17, 15) is 22.8 Å². The molecule has 0 saturated heterocycles. The Morgan fingerprint density at radius 3 is 2.58 bits per heavy atom. The summed E-state index contributed by atoms with van der Waals surface area (Å²) in [7, 11) is 0. The quantitative estimate of drug-likeness (QED) is 0.235. The second kappa shape index (κ2) is 12.6. The average molecular weight is 631 g/mol. The summed E-state index contributed by atoms with van der Waals surface area (Å²) in [4.78, 5) is 34.4. The highest BCUT2D eigenvalue weighted by Crippen LogP contribution is 2.37. The number of hydrogen-bond donors (Lipinski definition) is 2. The molecule has 3 aliphatic rings. The van der Waals surface area contributed by atoms with E-state index in [2.05, 4.69) is 17.9 Å². The Morgan fingerprint density at radius 1 is 1.14 bits per heavy atom. The molecule has 228 valence electrons. The van der Waals surface area contributed by atoms with Crippen LogP contribution < -0.4 is 15.6 Å². The van der Waals surface area contributed by atoms with Crippen molar-refractivity contribution in [1.29, 1.82) is 0 Å². The lowest BCUT2D eigenvalue weighted by atomic mass is 9.89. The zero-order valence-electron chi connectivity index (χ0n) is 23.5. The monoisotopic (exact) mass is 630 g/mol. The SMILES string of the molecule is O=C(CCNC1CC(Oc2ccc(C(F)(F)F)cc2)C1)N1CCc2nc(SC3CCC3)n(-c3cccc(S)c3)c(=O)c2C1. The number of aromatic nitrogens is 2. The van der Waals surface area contributed by atoms with Crippen molar-refractivity contribution in [1.82, 2.24) is 19.8 Å². The molecule has 2 aromatic carbocycles. The van der Waals surface area contributed by atoms with Gasteiger partial charge in [-0.05, 0) is 68.1 Å². The number of hydrogen-bond acceptors (Lipinski definition) is 7. The number of amides is 1. The van der Waals surface area contributed by atoms with Crippen LogP contribution in [-0.2, 0) is 23.9 Å². The minimum absolute atomic E-state index is 0.0220. The first-order valence-corrected chi connectivity index (χ1v) is 15.9. The molecule has 43 heavy (non-hydrogen) atoms. The van der Waals surface area contributed by atoms with E-state index in [0.29, 0.717) is 60.5 Å². The van der Waals surface area contributed by atoms with E-state index in [1.165, 1.54) is 18.6 Å². The van der Waals surface area contributed by atoms with Crippen LogP contribution in [-0.4, -0.2) is 50.8 Å². The van der Waals surface area contributed by atoms with Crippen LogP contribution in [0.25, 0.3) is 5.69 Å². The highest BCUT2D eigenvalue weighted by Gasteiger charge is 2.33. The largest absolute Gasteiger partial charge is 0.490 e. The van der Waals surface area contributed by atoms with E-state index >= 15 is 0 Å². The van der Waals surface area contributed by atoms with Gasteiger partial charge < -0.3 is 15.0 Å². The second-order valence-electron chi connectivity index (χ2n) is 11.4. The number of carbonyl (C=O) groups is 1. The lowest BCUT2D eigenvalue weighted by molar-refractivity contribution is -0.137. The molecule has 2 fully saturated rings. The van der Waals surface area contributed by atoms with Crippen molar-refractivity contribution in [3.63, 3.8) is 0 Å². The van der Waals surface area contributed by atoms with Crippen LogP contribution in [0.2, 0.25) is 0 Å². The lowest BCUT2D eigenvalue weighted by Crippen LogP contribution is -2.48. The topological polar surface area (TPSA) is 76.5 Å². The van der Waals surface area contributed by atoms with Gasteiger partial charge in [-0.25, -0.2) is 4.98 Å². The molecule has 0 unspecified atom stereocenters. The number of thiol groups is 1. The molecule has 7 nitrogen and oxygen atoms in total. The molecule has 2 heterocycles. The zero-order valence-corrected chi connectivity index (χ0v) is 25.2. The number of thioether (sulfide) groups is 1. The van der Waals surface area contributed by atoms with Gasteiger partial charge in [-0.3, -0.25) is 14.2 Å². The number of ether oxygens (including phenoxy) is 1. The molecule has 1 aromatic heterocycles. The van der Waals surface area contributed by atoms with Crippen LogP contribution in [0.4, 0.5) is 13.2 Å². The summed E-state index contributed by atoms with van der Waals surface area (Å²) in [5, 5.41) is 4.54. The first-order valence-electron chi connectivity index (χ1n) is 14.6. The summed E-state index contributed by atoms with van der Waals surface area (Å²) in [6.45, 7) is 1.25. The molecule has 6 rings (SSSR count). The maximum atomic E-state index is 13.8. The third-order valence-electron chi connectivity index (χ3n) is 8.31. The van der Waals surface area contributed by atoms with Gasteiger partial charge in [0.15, 0.2) is 5.16 Å². The number of carbonyl (C=O) groups excluding carboxylic acids is 1. The molecule has 0 atom stereocenters. The fourth-order valence-electron chi connectivity index (χ4n) is 5.53. The van der Waals surface area contributed by atoms with E-state index in [1.807, 2.05) is 24.3 Å². The van der Waals surface area contributed by atoms with Crippen molar-refractivity contribution >= 4 is 30.3 Å². The molecule has 3 aromatic rings. The van der Waals surface area contributed by atoms with Crippen LogP contribution in [0, 0.1) is 0 Å². The van der Waals surface area contributed by atoms with Crippen LogP contribution in [0.5, 0.6) is 5.75 Å². The minimum Gasteiger partial charge on any atom is -0.490 e. The Morgan fingerprint density at radius 2 is 1.91 bits per heavy atom. The summed E-state index contributed by atoms with van der Waals surface area (Å²) in [6.07, 6.45) is 1.26. The van der Waals surface area contributed by atoms with Crippen LogP contribution in [0.1, 0.15) is 55.3 Å². The number of fused-ring (bicyclic) bond motifs is 1. The molecule has 0 bridgehead atoms. The Balaban J connectivity index is 1.03. The molecule has 1 amide bonds. The minimum atomic E-state index is -4.37. The molecule has 0 spiro atoms. The summed E-state index contributed by atoms with van der Waals surface area (Å²) in [6, 6.07) is 12.4. The van der Waals surface area contributed by atoms with Crippen molar-refractivity contribution in [2.24, 2.45) is 0 Å². The lowest BCUT2D eigenvalue weighted by Gasteiger charge is -2.36. The fourth-order valence-corrected chi connectivity index (χ4v) is 7.07. The van der Waals surface area contributed by atoms with Crippen LogP contribution in [0.15, 0.2) is 63.4 Å². The Labute approximate surface area is 257 Å². The van der Waals surface area contributed by atoms with Crippen LogP contribution >= 0.6 is 24.4 Å². The van der Waals surface area contributed by atoms with Crippen molar-refractivity contribution in [3.05, 3.63) is 75.7 Å². The zero-order chi connectivity index (χ0) is 30.1. The van der Waals surface area contributed by atoms with Gasteiger partial charge in [0.25, 0.3) is 5.56 Å². The summed E-state index contributed by atoms with van der Waals surface area (Å²) < 4.78 is 45.7. The van der Waals surface area contributed by atoms with Crippen molar-refractivity contribution in [3.8, 4) is 11.4 Å².